The van der Waals surface area contributed by atoms with E-state index in [1.165, 1.54) is 0 Å². The number of ether oxygens (including phenoxy) is 1. The van der Waals surface area contributed by atoms with Gasteiger partial charge in [0.05, 0.1) is 5.02 Å². The van der Waals surface area contributed by atoms with Crippen LogP contribution in [0, 0.1) is 0 Å². The van der Waals surface area contributed by atoms with Gasteiger partial charge in [-0.15, -0.1) is 13.2 Å². The zero-order valence-electron chi connectivity index (χ0n) is 9.74. The molecule has 0 atom stereocenters. The predicted molar refractivity (Wildman–Crippen MR) is 65.6 cm³/mol. The molecule has 112 valence electrons. The smallest absolute Gasteiger partial charge is 0.476 e. The Morgan fingerprint density at radius 1 is 1.33 bits per heavy atom. The molecule has 10 heteroatoms. The largest absolute Gasteiger partial charge is 0.573 e. The molecule has 0 radical (unpaired) electrons. The standard InChI is InChI=1S/C11H4Cl2F3NO4/c12-6-3-4(20-11(14,15)16)1-2-5(6)9-7(13)8(10(18)19)17-21-9/h1-3H,(H,18,19). The Kier molecular flexibility index (Phi) is 4.02. The van der Waals surface area contributed by atoms with Crippen LogP contribution in [0.25, 0.3) is 11.3 Å². The van der Waals surface area contributed by atoms with Gasteiger partial charge < -0.3 is 14.4 Å². The number of nitrogens with zero attached hydrogens (tertiary/aromatic N) is 1. The first-order valence-electron chi connectivity index (χ1n) is 5.13. The van der Waals surface area contributed by atoms with Gasteiger partial charge in [0.25, 0.3) is 0 Å². The first-order valence-corrected chi connectivity index (χ1v) is 5.89. The van der Waals surface area contributed by atoms with Crippen LogP contribution < -0.4 is 4.74 Å². The Labute approximate surface area is 124 Å². The number of benzene rings is 1. The minimum atomic E-state index is -4.86. The summed E-state index contributed by atoms with van der Waals surface area (Å²) in [6.07, 6.45) is -4.86. The molecule has 0 aliphatic rings. The summed E-state index contributed by atoms with van der Waals surface area (Å²) in [6.45, 7) is 0. The SMILES string of the molecule is O=C(O)c1noc(-c2ccc(OC(F)(F)F)cc2Cl)c1Cl. The molecule has 21 heavy (non-hydrogen) atoms. The number of carbonyl (C=O) groups is 1. The van der Waals surface area contributed by atoms with E-state index >= 15 is 0 Å². The van der Waals surface area contributed by atoms with Gasteiger partial charge in [0.2, 0.25) is 5.69 Å². The third kappa shape index (κ3) is 3.40. The summed E-state index contributed by atoms with van der Waals surface area (Å²) < 4.78 is 44.7. The average Bonchev–Trinajstić information content (AvgIpc) is 2.69. The quantitative estimate of drug-likeness (QED) is 0.903. The van der Waals surface area contributed by atoms with Crippen LogP contribution in [-0.4, -0.2) is 22.6 Å². The van der Waals surface area contributed by atoms with Gasteiger partial charge in [-0.1, -0.05) is 28.4 Å². The minimum absolute atomic E-state index is 0.0798. The maximum absolute atomic E-state index is 12.1. The van der Waals surface area contributed by atoms with E-state index in [2.05, 4.69) is 9.89 Å². The van der Waals surface area contributed by atoms with Crippen LogP contribution >= 0.6 is 23.2 Å². The van der Waals surface area contributed by atoms with Crippen LogP contribution in [-0.2, 0) is 0 Å². The second-order valence-corrected chi connectivity index (χ2v) is 4.45. The molecule has 0 aliphatic carbocycles. The molecule has 1 aromatic heterocycles. The molecular formula is C11H4Cl2F3NO4. The summed E-state index contributed by atoms with van der Waals surface area (Å²) in [7, 11) is 0. The van der Waals surface area contributed by atoms with Crippen LogP contribution in [0.15, 0.2) is 22.7 Å². The number of carboxylic acid groups (broad SMARTS) is 1. The normalized spacial score (nSPS) is 11.5. The molecule has 0 amide bonds. The number of aromatic nitrogens is 1. The fourth-order valence-corrected chi connectivity index (χ4v) is 1.96. The molecule has 5 nitrogen and oxygen atoms in total. The lowest BCUT2D eigenvalue weighted by Crippen LogP contribution is -2.17. The van der Waals surface area contributed by atoms with E-state index in [4.69, 9.17) is 32.8 Å². The van der Waals surface area contributed by atoms with E-state index in [9.17, 15) is 18.0 Å². The van der Waals surface area contributed by atoms with Crippen molar-refractivity contribution >= 4 is 29.2 Å². The lowest BCUT2D eigenvalue weighted by Gasteiger charge is -2.09. The van der Waals surface area contributed by atoms with Crippen molar-refractivity contribution < 1.29 is 32.3 Å². The number of aromatic carboxylic acids is 1. The third-order valence-electron chi connectivity index (χ3n) is 2.26. The van der Waals surface area contributed by atoms with Crippen molar-refractivity contribution in [2.45, 2.75) is 6.36 Å². The molecule has 0 unspecified atom stereocenters. The summed E-state index contributed by atoms with van der Waals surface area (Å²) in [6, 6.07) is 3.01. The Bertz CT molecular complexity index is 699. The van der Waals surface area contributed by atoms with Crippen molar-refractivity contribution in [1.82, 2.24) is 5.16 Å². The molecule has 0 saturated carbocycles. The number of carboxylic acids is 1. The molecule has 0 saturated heterocycles. The maximum atomic E-state index is 12.1. The maximum Gasteiger partial charge on any atom is 0.573 e. The lowest BCUT2D eigenvalue weighted by atomic mass is 10.1. The van der Waals surface area contributed by atoms with Crippen LogP contribution in [0.5, 0.6) is 5.75 Å². The van der Waals surface area contributed by atoms with E-state index < -0.39 is 23.8 Å². The van der Waals surface area contributed by atoms with Gasteiger partial charge in [-0.25, -0.2) is 4.79 Å². The fourth-order valence-electron chi connectivity index (χ4n) is 1.46. The van der Waals surface area contributed by atoms with Crippen LogP contribution in [0.4, 0.5) is 13.2 Å². The highest BCUT2D eigenvalue weighted by molar-refractivity contribution is 6.37. The van der Waals surface area contributed by atoms with Gasteiger partial charge >= 0.3 is 12.3 Å². The average molecular weight is 342 g/mol. The fraction of sp³-hybridized carbons (Fsp3) is 0.0909. The summed E-state index contributed by atoms with van der Waals surface area (Å²) >= 11 is 11.6. The summed E-state index contributed by atoms with van der Waals surface area (Å²) in [5.74, 6) is -2.12. The van der Waals surface area contributed by atoms with E-state index in [1.54, 1.807) is 0 Å². The van der Waals surface area contributed by atoms with Gasteiger partial charge in [0, 0.05) is 5.56 Å². The van der Waals surface area contributed by atoms with Gasteiger partial charge in [0.15, 0.2) is 5.76 Å². The lowest BCUT2D eigenvalue weighted by molar-refractivity contribution is -0.274. The molecule has 0 spiro atoms. The van der Waals surface area contributed by atoms with Gasteiger partial charge in [-0.3, -0.25) is 0 Å². The second kappa shape index (κ2) is 5.45. The monoisotopic (exact) mass is 341 g/mol. The number of halogens is 5. The van der Waals surface area contributed by atoms with Crippen molar-refractivity contribution in [3.8, 4) is 17.1 Å². The number of alkyl halides is 3. The van der Waals surface area contributed by atoms with Crippen molar-refractivity contribution in [1.29, 1.82) is 0 Å². The van der Waals surface area contributed by atoms with Gasteiger partial charge in [-0.05, 0) is 18.2 Å². The molecule has 1 aromatic carbocycles. The van der Waals surface area contributed by atoms with Gasteiger partial charge in [-0.2, -0.15) is 0 Å². The molecule has 0 bridgehead atoms. The highest BCUT2D eigenvalue weighted by atomic mass is 35.5. The summed E-state index contributed by atoms with van der Waals surface area (Å²) in [4.78, 5) is 10.8. The van der Waals surface area contributed by atoms with E-state index in [0.717, 1.165) is 18.2 Å². The van der Waals surface area contributed by atoms with E-state index in [1.807, 2.05) is 0 Å². The van der Waals surface area contributed by atoms with Crippen molar-refractivity contribution in [3.63, 3.8) is 0 Å². The second-order valence-electron chi connectivity index (χ2n) is 3.67. The van der Waals surface area contributed by atoms with Crippen molar-refractivity contribution in [2.24, 2.45) is 0 Å². The van der Waals surface area contributed by atoms with Crippen LogP contribution in [0.2, 0.25) is 10.0 Å². The topological polar surface area (TPSA) is 72.6 Å². The Morgan fingerprint density at radius 2 is 2.00 bits per heavy atom. The number of rotatable bonds is 3. The van der Waals surface area contributed by atoms with Crippen molar-refractivity contribution in [2.75, 3.05) is 0 Å². The van der Waals surface area contributed by atoms with Crippen LogP contribution in [0.1, 0.15) is 10.5 Å². The zero-order chi connectivity index (χ0) is 15.8. The Balaban J connectivity index is 2.40. The predicted octanol–water partition coefficient (Wildman–Crippen LogP) is 4.25. The zero-order valence-corrected chi connectivity index (χ0v) is 11.3. The molecule has 0 fully saturated rings. The molecule has 1 heterocycles. The Morgan fingerprint density at radius 3 is 2.48 bits per heavy atom. The van der Waals surface area contributed by atoms with Crippen LogP contribution in [0.3, 0.4) is 0 Å². The highest BCUT2D eigenvalue weighted by Gasteiger charge is 2.31. The number of hydrogen-bond acceptors (Lipinski definition) is 4. The van der Waals surface area contributed by atoms with E-state index in [-0.39, 0.29) is 21.4 Å². The molecule has 0 aliphatic heterocycles. The molecular weight excluding hydrogens is 338 g/mol. The highest BCUT2D eigenvalue weighted by Crippen LogP contribution is 2.37. The molecule has 1 N–H and O–H groups in total. The van der Waals surface area contributed by atoms with E-state index in [0.29, 0.717) is 0 Å². The molecule has 2 rings (SSSR count). The first-order chi connectivity index (χ1) is 9.69. The van der Waals surface area contributed by atoms with Crippen molar-refractivity contribution in [3.05, 3.63) is 33.9 Å². The summed E-state index contributed by atoms with van der Waals surface area (Å²) in [5, 5.41) is 11.5. The Hall–Kier alpha value is -1.93. The minimum Gasteiger partial charge on any atom is -0.476 e. The summed E-state index contributed by atoms with van der Waals surface area (Å²) in [5.41, 5.74) is -0.449. The number of hydrogen-bond donors (Lipinski definition) is 1. The van der Waals surface area contributed by atoms with Gasteiger partial charge in [0.1, 0.15) is 10.8 Å². The third-order valence-corrected chi connectivity index (χ3v) is 2.92. The molecule has 2 aromatic rings. The first kappa shape index (κ1) is 15.5.